The summed E-state index contributed by atoms with van der Waals surface area (Å²) in [6.45, 7) is 4.25. The highest BCUT2D eigenvalue weighted by Crippen LogP contribution is 2.11. The van der Waals surface area contributed by atoms with Crippen LogP contribution in [0.3, 0.4) is 0 Å². The Bertz CT molecular complexity index is 259. The molecule has 3 nitrogen and oxygen atoms in total. The molecule has 1 aromatic rings. The minimum atomic E-state index is 0.608. The molecule has 0 bridgehead atoms. The van der Waals surface area contributed by atoms with Crippen LogP contribution in [0, 0.1) is 0 Å². The molecule has 1 N–H and O–H groups in total. The van der Waals surface area contributed by atoms with E-state index in [-0.39, 0.29) is 0 Å². The molecule has 3 heteroatoms. The highest BCUT2D eigenvalue weighted by molar-refractivity contribution is 5.27. The Kier molecular flexibility index (Phi) is 5.81. The number of hydrogen-bond donors (Lipinski definition) is 1. The van der Waals surface area contributed by atoms with E-state index in [1.165, 1.54) is 5.56 Å². The van der Waals surface area contributed by atoms with Gasteiger partial charge in [0.15, 0.2) is 0 Å². The second-order valence-electron chi connectivity index (χ2n) is 3.26. The van der Waals surface area contributed by atoms with Crippen molar-refractivity contribution in [1.82, 2.24) is 5.32 Å². The maximum atomic E-state index is 5.37. The normalized spacial score (nSPS) is 10.3. The molecule has 0 saturated carbocycles. The molecule has 0 heterocycles. The third-order valence-electron chi connectivity index (χ3n) is 2.07. The van der Waals surface area contributed by atoms with Crippen LogP contribution in [0.2, 0.25) is 0 Å². The van der Waals surface area contributed by atoms with Gasteiger partial charge in [-0.25, -0.2) is 0 Å². The molecule has 0 radical (unpaired) electrons. The Morgan fingerprint density at radius 2 is 1.93 bits per heavy atom. The van der Waals surface area contributed by atoms with Crippen LogP contribution < -0.4 is 10.1 Å². The lowest BCUT2D eigenvalue weighted by molar-refractivity contribution is 0.176. The monoisotopic (exact) mass is 209 g/mol. The average molecular weight is 209 g/mol. The number of rotatable bonds is 7. The summed E-state index contributed by atoms with van der Waals surface area (Å²) in [6.07, 6.45) is 1.01. The fraction of sp³-hybridized carbons (Fsp3) is 0.500. The van der Waals surface area contributed by atoms with Crippen LogP contribution in [-0.4, -0.2) is 27.0 Å². The van der Waals surface area contributed by atoms with E-state index in [4.69, 9.17) is 9.47 Å². The molecule has 0 unspecified atom stereocenters. The first kappa shape index (κ1) is 12.0. The van der Waals surface area contributed by atoms with E-state index < -0.39 is 0 Å². The average Bonchev–Trinajstić information content (AvgIpc) is 2.27. The van der Waals surface area contributed by atoms with Gasteiger partial charge in [-0.05, 0) is 31.0 Å². The van der Waals surface area contributed by atoms with E-state index in [9.17, 15) is 0 Å². The number of nitrogens with one attached hydrogen (secondary N) is 1. The Hall–Kier alpha value is -1.06. The highest BCUT2D eigenvalue weighted by atomic mass is 16.5. The number of benzene rings is 1. The molecule has 1 aromatic carbocycles. The van der Waals surface area contributed by atoms with Gasteiger partial charge in [-0.15, -0.1) is 0 Å². The summed E-state index contributed by atoms with van der Waals surface area (Å²) in [4.78, 5) is 0. The first-order chi connectivity index (χ1) is 7.36. The highest BCUT2D eigenvalue weighted by Gasteiger charge is 1.94. The van der Waals surface area contributed by atoms with Crippen molar-refractivity contribution >= 4 is 0 Å². The van der Waals surface area contributed by atoms with Crippen molar-refractivity contribution in [3.8, 4) is 5.75 Å². The molecular weight excluding hydrogens is 190 g/mol. The van der Waals surface area contributed by atoms with Gasteiger partial charge in [0.25, 0.3) is 0 Å². The van der Waals surface area contributed by atoms with Crippen LogP contribution >= 0.6 is 0 Å². The van der Waals surface area contributed by atoms with Crippen molar-refractivity contribution < 1.29 is 9.47 Å². The van der Waals surface area contributed by atoms with Crippen molar-refractivity contribution in [2.45, 2.75) is 13.3 Å². The second kappa shape index (κ2) is 7.26. The zero-order chi connectivity index (χ0) is 10.9. The molecule has 15 heavy (non-hydrogen) atoms. The molecule has 0 aliphatic heterocycles. The molecule has 1 rings (SSSR count). The minimum absolute atomic E-state index is 0.608. The van der Waals surface area contributed by atoms with Gasteiger partial charge >= 0.3 is 0 Å². The lowest BCUT2D eigenvalue weighted by Gasteiger charge is -2.05. The molecule has 0 aliphatic carbocycles. The van der Waals surface area contributed by atoms with Crippen molar-refractivity contribution in [1.29, 1.82) is 0 Å². The predicted octanol–water partition coefficient (Wildman–Crippen LogP) is 1.82. The van der Waals surface area contributed by atoms with Gasteiger partial charge in [0.1, 0.15) is 5.75 Å². The Balaban J connectivity index is 2.29. The quantitative estimate of drug-likeness (QED) is 0.549. The molecule has 0 fully saturated rings. The van der Waals surface area contributed by atoms with Gasteiger partial charge in [-0.2, -0.15) is 0 Å². The van der Waals surface area contributed by atoms with Gasteiger partial charge in [-0.3, -0.25) is 5.32 Å². The lowest BCUT2D eigenvalue weighted by atomic mass is 10.1. The smallest absolute Gasteiger partial charge is 0.119 e. The van der Waals surface area contributed by atoms with Crippen molar-refractivity contribution in [2.24, 2.45) is 0 Å². The largest absolute Gasteiger partial charge is 0.494 e. The van der Waals surface area contributed by atoms with Crippen molar-refractivity contribution in [3.05, 3.63) is 29.8 Å². The zero-order valence-corrected chi connectivity index (χ0v) is 9.45. The summed E-state index contributed by atoms with van der Waals surface area (Å²) in [5, 5.41) is 3.17. The summed E-state index contributed by atoms with van der Waals surface area (Å²) in [7, 11) is 1.68. The summed E-state index contributed by atoms with van der Waals surface area (Å²) in [5.74, 6) is 0.936. The van der Waals surface area contributed by atoms with Crippen LogP contribution in [0.1, 0.15) is 12.5 Å². The zero-order valence-electron chi connectivity index (χ0n) is 9.45. The second-order valence-corrected chi connectivity index (χ2v) is 3.26. The van der Waals surface area contributed by atoms with E-state index in [1.807, 2.05) is 19.1 Å². The number of ether oxygens (including phenoxy) is 2. The third-order valence-corrected chi connectivity index (χ3v) is 2.07. The van der Waals surface area contributed by atoms with E-state index >= 15 is 0 Å². The number of methoxy groups -OCH3 is 1. The van der Waals surface area contributed by atoms with Crippen LogP contribution in [0.15, 0.2) is 24.3 Å². The molecule has 84 valence electrons. The molecule has 0 amide bonds. The summed E-state index contributed by atoms with van der Waals surface area (Å²) < 4.78 is 10.3. The maximum Gasteiger partial charge on any atom is 0.119 e. The Morgan fingerprint density at radius 1 is 1.20 bits per heavy atom. The van der Waals surface area contributed by atoms with Gasteiger partial charge in [0.2, 0.25) is 0 Å². The van der Waals surface area contributed by atoms with E-state index in [0.717, 1.165) is 25.3 Å². The maximum absolute atomic E-state index is 5.37. The first-order valence-corrected chi connectivity index (χ1v) is 5.28. The lowest BCUT2D eigenvalue weighted by Crippen LogP contribution is -2.19. The van der Waals surface area contributed by atoms with Crippen LogP contribution in [-0.2, 0) is 11.2 Å². The summed E-state index contributed by atoms with van der Waals surface area (Å²) >= 11 is 0. The first-order valence-electron chi connectivity index (χ1n) is 5.28. The predicted molar refractivity (Wildman–Crippen MR) is 61.2 cm³/mol. The standard InChI is InChI=1S/C12H19NO2/c1-3-15-12-6-4-11(5-7-12)8-9-13-10-14-2/h4-7,13H,3,8-10H2,1-2H3. The van der Waals surface area contributed by atoms with E-state index in [1.54, 1.807) is 7.11 Å². The van der Waals surface area contributed by atoms with Gasteiger partial charge in [0.05, 0.1) is 13.3 Å². The van der Waals surface area contributed by atoms with Gasteiger partial charge in [-0.1, -0.05) is 12.1 Å². The van der Waals surface area contributed by atoms with Gasteiger partial charge < -0.3 is 9.47 Å². The van der Waals surface area contributed by atoms with E-state index in [2.05, 4.69) is 17.4 Å². The molecule has 0 aromatic heterocycles. The summed E-state index contributed by atoms with van der Waals surface area (Å²) in [5.41, 5.74) is 1.31. The SMILES string of the molecule is CCOc1ccc(CCNCOC)cc1. The molecule has 0 spiro atoms. The minimum Gasteiger partial charge on any atom is -0.494 e. The molecule has 0 atom stereocenters. The molecular formula is C12H19NO2. The van der Waals surface area contributed by atoms with Crippen LogP contribution in [0.25, 0.3) is 0 Å². The molecule has 0 saturated heterocycles. The number of hydrogen-bond acceptors (Lipinski definition) is 3. The Morgan fingerprint density at radius 3 is 2.53 bits per heavy atom. The van der Waals surface area contributed by atoms with Crippen molar-refractivity contribution in [2.75, 3.05) is 27.0 Å². The fourth-order valence-corrected chi connectivity index (χ4v) is 1.33. The van der Waals surface area contributed by atoms with E-state index in [0.29, 0.717) is 6.73 Å². The fourth-order valence-electron chi connectivity index (χ4n) is 1.33. The van der Waals surface area contributed by atoms with Crippen molar-refractivity contribution in [3.63, 3.8) is 0 Å². The molecule has 0 aliphatic rings. The summed E-state index contributed by atoms with van der Waals surface area (Å²) in [6, 6.07) is 8.21. The third kappa shape index (κ3) is 4.81. The van der Waals surface area contributed by atoms with Gasteiger partial charge in [0, 0.05) is 13.7 Å². The topological polar surface area (TPSA) is 30.5 Å². The Labute approximate surface area is 91.4 Å². The van der Waals surface area contributed by atoms with Crippen LogP contribution in [0.5, 0.6) is 5.75 Å². The van der Waals surface area contributed by atoms with Crippen LogP contribution in [0.4, 0.5) is 0 Å².